The lowest BCUT2D eigenvalue weighted by Gasteiger charge is -2.11. The van der Waals surface area contributed by atoms with Crippen molar-refractivity contribution in [2.45, 2.75) is 17.2 Å². The van der Waals surface area contributed by atoms with Crippen molar-refractivity contribution in [2.24, 2.45) is 0 Å². The Bertz CT molecular complexity index is 669. The molecule has 0 unspecified atom stereocenters. The molecular formula is C14H12ClFN2O2S. The summed E-state index contributed by atoms with van der Waals surface area (Å²) in [4.78, 5) is 12.0. The summed E-state index contributed by atoms with van der Waals surface area (Å²) in [6.07, 6.45) is 1.37. The highest BCUT2D eigenvalue weighted by molar-refractivity contribution is 8.00. The zero-order valence-corrected chi connectivity index (χ0v) is 12.6. The molecule has 0 radical (unpaired) electrons. The maximum atomic E-state index is 13.0. The molecule has 1 heterocycles. The van der Waals surface area contributed by atoms with Gasteiger partial charge in [-0.25, -0.2) is 4.39 Å². The highest BCUT2D eigenvalue weighted by atomic mass is 35.5. The Labute approximate surface area is 130 Å². The van der Waals surface area contributed by atoms with E-state index in [1.807, 2.05) is 0 Å². The summed E-state index contributed by atoms with van der Waals surface area (Å²) in [5.41, 5.74) is 0.405. The van der Waals surface area contributed by atoms with Gasteiger partial charge in [0.25, 0.3) is 5.03 Å². The van der Waals surface area contributed by atoms with E-state index < -0.39 is 11.1 Å². The van der Waals surface area contributed by atoms with Crippen molar-refractivity contribution in [2.75, 3.05) is 5.32 Å². The summed E-state index contributed by atoms with van der Waals surface area (Å²) in [6, 6.07) is 8.91. The third-order valence-electron chi connectivity index (χ3n) is 2.64. The fourth-order valence-electron chi connectivity index (χ4n) is 1.56. The minimum atomic E-state index is -0.547. The summed E-state index contributed by atoms with van der Waals surface area (Å²) in [5, 5.41) is 14.0. The van der Waals surface area contributed by atoms with Crippen molar-refractivity contribution in [1.82, 2.24) is 0 Å². The van der Waals surface area contributed by atoms with Gasteiger partial charge in [-0.15, -0.1) is 0 Å². The second kappa shape index (κ2) is 6.78. The van der Waals surface area contributed by atoms with Crippen molar-refractivity contribution in [3.05, 3.63) is 58.6 Å². The number of hydrogen-bond donors (Lipinski definition) is 1. The number of carbonyl (C=O) groups excluding carboxylic acids is 1. The predicted molar refractivity (Wildman–Crippen MR) is 80.8 cm³/mol. The topological polar surface area (TPSA) is 56.0 Å². The van der Waals surface area contributed by atoms with Gasteiger partial charge in [-0.1, -0.05) is 11.6 Å². The molecule has 1 amide bonds. The van der Waals surface area contributed by atoms with E-state index in [-0.39, 0.29) is 10.9 Å². The van der Waals surface area contributed by atoms with Crippen LogP contribution in [0.25, 0.3) is 0 Å². The van der Waals surface area contributed by atoms with Crippen LogP contribution in [-0.4, -0.2) is 11.2 Å². The molecule has 0 saturated heterocycles. The lowest BCUT2D eigenvalue weighted by atomic mass is 10.3. The largest absolute Gasteiger partial charge is 0.618 e. The molecule has 1 aromatic carbocycles. The number of carbonyl (C=O) groups is 1. The van der Waals surface area contributed by atoms with Gasteiger partial charge in [0.05, 0.1) is 10.3 Å². The van der Waals surface area contributed by atoms with Gasteiger partial charge in [0.2, 0.25) is 5.91 Å². The van der Waals surface area contributed by atoms with Crippen molar-refractivity contribution < 1.29 is 13.9 Å². The zero-order chi connectivity index (χ0) is 15.4. The summed E-state index contributed by atoms with van der Waals surface area (Å²) >= 11 is 6.79. The van der Waals surface area contributed by atoms with Crippen LogP contribution in [0.4, 0.5) is 10.1 Å². The predicted octanol–water partition coefficient (Wildman–Crippen LogP) is 3.23. The summed E-state index contributed by atoms with van der Waals surface area (Å²) in [7, 11) is 0. The van der Waals surface area contributed by atoms with E-state index in [9.17, 15) is 14.4 Å². The third kappa shape index (κ3) is 4.09. The van der Waals surface area contributed by atoms with Gasteiger partial charge in [-0.05, 0) is 43.0 Å². The molecular weight excluding hydrogens is 315 g/mol. The van der Waals surface area contributed by atoms with Gasteiger partial charge in [0.15, 0.2) is 6.20 Å². The monoisotopic (exact) mass is 326 g/mol. The SMILES string of the molecule is C[C@H](Sc1cccc[n+]1[O-])C(=O)Nc1ccc(F)c(Cl)c1. The number of benzene rings is 1. The molecule has 0 aliphatic heterocycles. The van der Waals surface area contributed by atoms with Gasteiger partial charge in [0.1, 0.15) is 5.82 Å². The number of anilines is 1. The first kappa shape index (κ1) is 15.6. The summed E-state index contributed by atoms with van der Waals surface area (Å²) in [5.74, 6) is -0.847. The molecule has 110 valence electrons. The normalized spacial score (nSPS) is 12.0. The summed E-state index contributed by atoms with van der Waals surface area (Å²) in [6.45, 7) is 1.68. The highest BCUT2D eigenvalue weighted by Crippen LogP contribution is 2.23. The molecule has 0 fully saturated rings. The van der Waals surface area contributed by atoms with Crippen LogP contribution in [0.15, 0.2) is 47.6 Å². The van der Waals surface area contributed by atoms with E-state index in [2.05, 4.69) is 5.32 Å². The molecule has 7 heteroatoms. The third-order valence-corrected chi connectivity index (χ3v) is 4.06. The minimum absolute atomic E-state index is 0.0615. The molecule has 0 bridgehead atoms. The van der Waals surface area contributed by atoms with Crippen LogP contribution in [0, 0.1) is 11.0 Å². The standard InChI is InChI=1S/C14H12ClFN2O2S/c1-9(21-13-4-2-3-7-18(13)20)14(19)17-10-5-6-12(16)11(15)8-10/h2-9H,1H3,(H,17,19)/t9-/m0/s1. The zero-order valence-electron chi connectivity index (χ0n) is 11.0. The second-order valence-corrected chi connectivity index (χ2v) is 6.01. The lowest BCUT2D eigenvalue weighted by Crippen LogP contribution is -2.30. The molecule has 0 aliphatic carbocycles. The molecule has 2 aromatic rings. The van der Waals surface area contributed by atoms with Gasteiger partial charge in [-0.3, -0.25) is 4.79 Å². The van der Waals surface area contributed by atoms with E-state index in [4.69, 9.17) is 11.6 Å². The molecule has 0 saturated carbocycles. The molecule has 0 spiro atoms. The molecule has 4 nitrogen and oxygen atoms in total. The van der Waals surface area contributed by atoms with E-state index in [1.54, 1.807) is 25.1 Å². The van der Waals surface area contributed by atoms with Gasteiger partial charge in [-0.2, -0.15) is 4.73 Å². The van der Waals surface area contributed by atoms with E-state index in [0.29, 0.717) is 15.4 Å². The molecule has 1 atom stereocenters. The van der Waals surface area contributed by atoms with Crippen molar-refractivity contribution in [3.63, 3.8) is 0 Å². The number of hydrogen-bond acceptors (Lipinski definition) is 3. The summed E-state index contributed by atoms with van der Waals surface area (Å²) < 4.78 is 13.7. The van der Waals surface area contributed by atoms with Crippen LogP contribution < -0.4 is 10.0 Å². The van der Waals surface area contributed by atoms with Crippen LogP contribution in [0.3, 0.4) is 0 Å². The molecule has 0 aliphatic rings. The quantitative estimate of drug-likeness (QED) is 0.533. The first-order valence-corrected chi connectivity index (χ1v) is 7.34. The van der Waals surface area contributed by atoms with Crippen molar-refractivity contribution in [1.29, 1.82) is 0 Å². The highest BCUT2D eigenvalue weighted by Gasteiger charge is 2.19. The number of rotatable bonds is 4. The fourth-order valence-corrected chi connectivity index (χ4v) is 2.59. The lowest BCUT2D eigenvalue weighted by molar-refractivity contribution is -0.645. The number of aromatic nitrogens is 1. The Balaban J connectivity index is 2.02. The van der Waals surface area contributed by atoms with Crippen LogP contribution in [0.1, 0.15) is 6.92 Å². The Hall–Kier alpha value is -1.79. The molecule has 2 rings (SSSR count). The molecule has 1 aromatic heterocycles. The first-order valence-electron chi connectivity index (χ1n) is 6.08. The second-order valence-electron chi connectivity index (χ2n) is 4.24. The Morgan fingerprint density at radius 2 is 2.19 bits per heavy atom. The molecule has 21 heavy (non-hydrogen) atoms. The van der Waals surface area contributed by atoms with Gasteiger partial charge in [0, 0.05) is 17.8 Å². The Kier molecular flexibility index (Phi) is 5.03. The van der Waals surface area contributed by atoms with Gasteiger partial charge >= 0.3 is 0 Å². The van der Waals surface area contributed by atoms with Gasteiger partial charge < -0.3 is 10.5 Å². The minimum Gasteiger partial charge on any atom is -0.618 e. The first-order chi connectivity index (χ1) is 9.97. The van der Waals surface area contributed by atoms with Crippen LogP contribution in [-0.2, 0) is 4.79 Å². The molecule has 1 N–H and O–H groups in total. The number of amides is 1. The van der Waals surface area contributed by atoms with E-state index in [1.165, 1.54) is 24.4 Å². The van der Waals surface area contributed by atoms with E-state index in [0.717, 1.165) is 11.8 Å². The Morgan fingerprint density at radius 3 is 2.86 bits per heavy atom. The van der Waals surface area contributed by atoms with Crippen LogP contribution >= 0.6 is 23.4 Å². The van der Waals surface area contributed by atoms with Crippen LogP contribution in [0.2, 0.25) is 5.02 Å². The van der Waals surface area contributed by atoms with E-state index >= 15 is 0 Å². The number of nitrogens with zero attached hydrogens (tertiary/aromatic N) is 1. The maximum Gasteiger partial charge on any atom is 0.252 e. The number of pyridine rings is 1. The van der Waals surface area contributed by atoms with Crippen molar-refractivity contribution in [3.8, 4) is 0 Å². The van der Waals surface area contributed by atoms with Crippen LogP contribution in [0.5, 0.6) is 0 Å². The fraction of sp³-hybridized carbons (Fsp3) is 0.143. The number of thioether (sulfide) groups is 1. The average Bonchev–Trinajstić information content (AvgIpc) is 2.45. The Morgan fingerprint density at radius 1 is 1.43 bits per heavy atom. The number of nitrogens with one attached hydrogen (secondary N) is 1. The van der Waals surface area contributed by atoms with Crippen molar-refractivity contribution >= 4 is 35.0 Å². The number of halogens is 2. The smallest absolute Gasteiger partial charge is 0.252 e. The maximum absolute atomic E-state index is 13.0. The average molecular weight is 327 g/mol.